The van der Waals surface area contributed by atoms with E-state index in [2.05, 4.69) is 0 Å². The molecule has 0 unspecified atom stereocenters. The monoisotopic (exact) mass is 267 g/mol. The van der Waals surface area contributed by atoms with E-state index >= 15 is 0 Å². The van der Waals surface area contributed by atoms with Crippen molar-refractivity contribution in [2.45, 2.75) is 46.6 Å². The molecule has 0 atom stereocenters. The largest absolute Gasteiger partial charge is 0.325 e. The molecule has 0 fully saturated rings. The number of Topliss-reactive ketones (excluding diaryl/α,β-unsaturated/α-hetero) is 1. The van der Waals surface area contributed by atoms with E-state index in [1.54, 1.807) is 0 Å². The van der Waals surface area contributed by atoms with Gasteiger partial charge in [0, 0.05) is 22.4 Å². The molecule has 2 N–H and O–H groups in total. The molecular weight excluding hydrogens is 246 g/mol. The first-order chi connectivity index (χ1) is 8.05. The molecular formula is C15H22ClNO. The third kappa shape index (κ3) is 3.12. The van der Waals surface area contributed by atoms with Crippen LogP contribution in [-0.4, -0.2) is 11.3 Å². The molecule has 1 rings (SSSR count). The lowest BCUT2D eigenvalue weighted by Crippen LogP contribution is -2.52. The van der Waals surface area contributed by atoms with Gasteiger partial charge in [-0.3, -0.25) is 4.79 Å². The molecule has 1 aromatic carbocycles. The van der Waals surface area contributed by atoms with Crippen LogP contribution in [0, 0.1) is 12.3 Å². The Hall–Kier alpha value is -0.860. The fraction of sp³-hybridized carbons (Fsp3) is 0.533. The zero-order valence-corrected chi connectivity index (χ0v) is 12.6. The molecule has 0 saturated heterocycles. The summed E-state index contributed by atoms with van der Waals surface area (Å²) in [6.07, 6.45) is 0.326. The first kappa shape index (κ1) is 15.2. The van der Waals surface area contributed by atoms with Crippen molar-refractivity contribution in [3.63, 3.8) is 0 Å². The summed E-state index contributed by atoms with van der Waals surface area (Å²) in [5.41, 5.74) is 6.90. The lowest BCUT2D eigenvalue weighted by molar-refractivity contribution is -0.129. The molecule has 0 saturated carbocycles. The summed E-state index contributed by atoms with van der Waals surface area (Å²) in [6.45, 7) is 9.50. The smallest absolute Gasteiger partial charge is 0.144 e. The normalized spacial score (nSPS) is 12.6. The Morgan fingerprint density at radius 3 is 2.28 bits per heavy atom. The Morgan fingerprint density at radius 1 is 1.28 bits per heavy atom. The van der Waals surface area contributed by atoms with Crippen molar-refractivity contribution in [2.75, 3.05) is 0 Å². The van der Waals surface area contributed by atoms with E-state index in [0.29, 0.717) is 11.4 Å². The first-order valence-electron chi connectivity index (χ1n) is 6.13. The number of halogens is 1. The second-order valence-electron chi connectivity index (χ2n) is 6.04. The summed E-state index contributed by atoms with van der Waals surface area (Å²) < 4.78 is 0. The SMILES string of the molecule is Cc1ccc(CC(=O)C(C)(C)C(C)(C)N)c(Cl)c1. The number of hydrogen-bond acceptors (Lipinski definition) is 2. The lowest BCUT2D eigenvalue weighted by Gasteiger charge is -2.37. The average molecular weight is 268 g/mol. The molecule has 0 aliphatic rings. The summed E-state index contributed by atoms with van der Waals surface area (Å²) in [5, 5.41) is 0.647. The molecule has 100 valence electrons. The second-order valence-corrected chi connectivity index (χ2v) is 6.45. The summed E-state index contributed by atoms with van der Waals surface area (Å²) in [4.78, 5) is 12.4. The van der Waals surface area contributed by atoms with Gasteiger partial charge >= 0.3 is 0 Å². The molecule has 0 heterocycles. The Kier molecular flexibility index (Phi) is 4.24. The molecule has 3 heteroatoms. The van der Waals surface area contributed by atoms with E-state index in [4.69, 9.17) is 17.3 Å². The topological polar surface area (TPSA) is 43.1 Å². The highest BCUT2D eigenvalue weighted by Crippen LogP contribution is 2.31. The second kappa shape index (κ2) is 5.02. The van der Waals surface area contributed by atoms with Gasteiger partial charge in [0.05, 0.1) is 0 Å². The Bertz CT molecular complexity index is 458. The van der Waals surface area contributed by atoms with Gasteiger partial charge in [-0.2, -0.15) is 0 Å². The van der Waals surface area contributed by atoms with Crippen molar-refractivity contribution in [1.29, 1.82) is 0 Å². The van der Waals surface area contributed by atoms with E-state index in [1.165, 1.54) is 0 Å². The predicted molar refractivity (Wildman–Crippen MR) is 76.9 cm³/mol. The minimum atomic E-state index is -0.582. The summed E-state index contributed by atoms with van der Waals surface area (Å²) in [6, 6.07) is 5.76. The van der Waals surface area contributed by atoms with Crippen LogP contribution in [-0.2, 0) is 11.2 Å². The Morgan fingerprint density at radius 2 is 1.83 bits per heavy atom. The van der Waals surface area contributed by atoms with Gasteiger partial charge in [0.15, 0.2) is 0 Å². The van der Waals surface area contributed by atoms with Gasteiger partial charge in [-0.15, -0.1) is 0 Å². The number of rotatable bonds is 4. The first-order valence-corrected chi connectivity index (χ1v) is 6.50. The number of benzene rings is 1. The molecule has 0 bridgehead atoms. The fourth-order valence-electron chi connectivity index (χ4n) is 1.55. The van der Waals surface area contributed by atoms with Crippen LogP contribution in [0.1, 0.15) is 38.8 Å². The number of hydrogen-bond donors (Lipinski definition) is 1. The van der Waals surface area contributed by atoms with Crippen LogP contribution in [0.2, 0.25) is 5.02 Å². The van der Waals surface area contributed by atoms with Gasteiger partial charge in [0.2, 0.25) is 0 Å². The van der Waals surface area contributed by atoms with Gasteiger partial charge in [0.25, 0.3) is 0 Å². The number of nitrogens with two attached hydrogens (primary N) is 1. The number of ketones is 1. The van der Waals surface area contributed by atoms with Crippen molar-refractivity contribution in [1.82, 2.24) is 0 Å². The fourth-order valence-corrected chi connectivity index (χ4v) is 1.85. The maximum atomic E-state index is 12.4. The molecule has 18 heavy (non-hydrogen) atoms. The standard InChI is InChI=1S/C15H22ClNO/c1-10-6-7-11(12(16)8-10)9-13(18)14(2,3)15(4,5)17/h6-8H,9,17H2,1-5H3. The lowest BCUT2D eigenvalue weighted by atomic mass is 9.71. The van der Waals surface area contributed by atoms with E-state index < -0.39 is 11.0 Å². The highest BCUT2D eigenvalue weighted by atomic mass is 35.5. The van der Waals surface area contributed by atoms with Crippen molar-refractivity contribution in [3.05, 3.63) is 34.3 Å². The van der Waals surface area contributed by atoms with Crippen LogP contribution < -0.4 is 5.73 Å². The van der Waals surface area contributed by atoms with Crippen LogP contribution in [0.5, 0.6) is 0 Å². The highest BCUT2D eigenvalue weighted by molar-refractivity contribution is 6.31. The van der Waals surface area contributed by atoms with Crippen LogP contribution in [0.4, 0.5) is 0 Å². The van der Waals surface area contributed by atoms with Crippen LogP contribution >= 0.6 is 11.6 Å². The zero-order chi connectivity index (χ0) is 14.1. The Labute approximate surface area is 115 Å². The maximum absolute atomic E-state index is 12.4. The minimum Gasteiger partial charge on any atom is -0.325 e. The van der Waals surface area contributed by atoms with Crippen molar-refractivity contribution in [3.8, 4) is 0 Å². The molecule has 2 nitrogen and oxygen atoms in total. The Balaban J connectivity index is 2.95. The number of aryl methyl sites for hydroxylation is 1. The van der Waals surface area contributed by atoms with Crippen LogP contribution in [0.15, 0.2) is 18.2 Å². The van der Waals surface area contributed by atoms with E-state index in [-0.39, 0.29) is 5.78 Å². The van der Waals surface area contributed by atoms with E-state index in [1.807, 2.05) is 52.8 Å². The highest BCUT2D eigenvalue weighted by Gasteiger charge is 2.39. The molecule has 0 radical (unpaired) electrons. The summed E-state index contributed by atoms with van der Waals surface area (Å²) >= 11 is 6.15. The van der Waals surface area contributed by atoms with Crippen molar-refractivity contribution in [2.24, 2.45) is 11.1 Å². The van der Waals surface area contributed by atoms with Crippen LogP contribution in [0.3, 0.4) is 0 Å². The summed E-state index contributed by atoms with van der Waals surface area (Å²) in [5.74, 6) is 0.112. The van der Waals surface area contributed by atoms with Gasteiger partial charge in [0.1, 0.15) is 5.78 Å². The summed E-state index contributed by atoms with van der Waals surface area (Å²) in [7, 11) is 0. The molecule has 0 aromatic heterocycles. The van der Waals surface area contributed by atoms with Crippen molar-refractivity contribution >= 4 is 17.4 Å². The van der Waals surface area contributed by atoms with Crippen molar-refractivity contribution < 1.29 is 4.79 Å². The maximum Gasteiger partial charge on any atom is 0.144 e. The quantitative estimate of drug-likeness (QED) is 0.907. The van der Waals surface area contributed by atoms with Gasteiger partial charge in [-0.25, -0.2) is 0 Å². The molecule has 0 aliphatic carbocycles. The number of carbonyl (C=O) groups is 1. The molecule has 0 amide bonds. The zero-order valence-electron chi connectivity index (χ0n) is 11.8. The molecule has 0 spiro atoms. The third-order valence-electron chi connectivity index (χ3n) is 3.87. The molecule has 1 aromatic rings. The molecule has 0 aliphatic heterocycles. The van der Waals surface area contributed by atoms with E-state index in [9.17, 15) is 4.79 Å². The third-order valence-corrected chi connectivity index (χ3v) is 4.22. The predicted octanol–water partition coefficient (Wildman–Crippen LogP) is 3.52. The van der Waals surface area contributed by atoms with Gasteiger partial charge in [-0.05, 0) is 38.0 Å². The van der Waals surface area contributed by atoms with Gasteiger partial charge < -0.3 is 5.73 Å². The minimum absolute atomic E-state index is 0.112. The van der Waals surface area contributed by atoms with Crippen LogP contribution in [0.25, 0.3) is 0 Å². The van der Waals surface area contributed by atoms with Gasteiger partial charge in [-0.1, -0.05) is 37.6 Å². The average Bonchev–Trinajstić information content (AvgIpc) is 2.20. The number of carbonyl (C=O) groups excluding carboxylic acids is 1. The van der Waals surface area contributed by atoms with E-state index in [0.717, 1.165) is 11.1 Å².